The molecule has 3 N–H and O–H groups in total. The van der Waals surface area contributed by atoms with Gasteiger partial charge >= 0.3 is 6.03 Å². The van der Waals surface area contributed by atoms with Gasteiger partial charge in [-0.3, -0.25) is 25.0 Å². The Kier molecular flexibility index (Phi) is 5.19. The summed E-state index contributed by atoms with van der Waals surface area (Å²) in [5.41, 5.74) is 3.89. The number of amides is 4. The molecule has 0 saturated carbocycles. The summed E-state index contributed by atoms with van der Waals surface area (Å²) < 4.78 is 0. The summed E-state index contributed by atoms with van der Waals surface area (Å²) >= 11 is 0. The lowest BCUT2D eigenvalue weighted by Gasteiger charge is -2.13. The van der Waals surface area contributed by atoms with Crippen LogP contribution in [-0.2, 0) is 9.59 Å². The molecular formula is C26H17N3O5. The van der Waals surface area contributed by atoms with Crippen LogP contribution in [0.4, 0.5) is 4.79 Å². The van der Waals surface area contributed by atoms with Crippen LogP contribution >= 0.6 is 0 Å². The van der Waals surface area contributed by atoms with Gasteiger partial charge in [-0.05, 0) is 34.9 Å². The molecular weight excluding hydrogens is 434 g/mol. The Morgan fingerprint density at radius 3 is 2.32 bits per heavy atom. The molecule has 1 aliphatic heterocycles. The van der Waals surface area contributed by atoms with Gasteiger partial charge in [0.2, 0.25) is 0 Å². The summed E-state index contributed by atoms with van der Waals surface area (Å²) in [4.78, 5) is 52.4. The molecule has 1 aromatic heterocycles. The fourth-order valence-electron chi connectivity index (χ4n) is 4.04. The van der Waals surface area contributed by atoms with Gasteiger partial charge in [-0.15, -0.1) is 0 Å². The van der Waals surface area contributed by atoms with Crippen molar-refractivity contribution in [3.63, 3.8) is 0 Å². The zero-order valence-corrected chi connectivity index (χ0v) is 17.7. The Morgan fingerprint density at radius 2 is 1.59 bits per heavy atom. The molecule has 2 aliphatic rings. The highest BCUT2D eigenvalue weighted by molar-refractivity contribution is 6.39. The number of pyridine rings is 1. The molecule has 166 valence electrons. The molecule has 0 bridgehead atoms. The molecule has 0 radical (unpaired) electrons. The maximum Gasteiger partial charge on any atom is 0.328 e. The summed E-state index contributed by atoms with van der Waals surface area (Å²) in [6, 6.07) is 15.5. The van der Waals surface area contributed by atoms with Crippen molar-refractivity contribution >= 4 is 51.8 Å². The number of Topliss-reactive ketones (excluding diaryl/α,β-unsaturated/α-hetero) is 1. The fraction of sp³-hybridized carbons (Fsp3) is 0.0385. The number of hydrogen-bond donors (Lipinski definition) is 3. The number of aliphatic hydroxyl groups excluding tert-OH is 1. The smallest absolute Gasteiger partial charge is 0.328 e. The highest BCUT2D eigenvalue weighted by Crippen LogP contribution is 2.37. The Hall–Kier alpha value is -4.69. The van der Waals surface area contributed by atoms with Gasteiger partial charge < -0.3 is 5.11 Å². The number of nitrogens with zero attached hydrogens (tertiary/aromatic N) is 1. The second-order valence-electron chi connectivity index (χ2n) is 7.71. The number of ketones is 1. The van der Waals surface area contributed by atoms with E-state index in [0.717, 1.165) is 10.9 Å². The quantitative estimate of drug-likeness (QED) is 0.414. The summed E-state index contributed by atoms with van der Waals surface area (Å²) in [5, 5.41) is 14.8. The second kappa shape index (κ2) is 8.34. The number of benzene rings is 2. The van der Waals surface area contributed by atoms with Gasteiger partial charge in [-0.25, -0.2) is 9.78 Å². The minimum absolute atomic E-state index is 0.170. The van der Waals surface area contributed by atoms with Gasteiger partial charge in [0.15, 0.2) is 5.78 Å². The van der Waals surface area contributed by atoms with E-state index in [9.17, 15) is 24.3 Å². The number of imide groups is 2. The third kappa shape index (κ3) is 3.62. The van der Waals surface area contributed by atoms with Crippen LogP contribution in [0.15, 0.2) is 72.3 Å². The van der Waals surface area contributed by atoms with Gasteiger partial charge in [0.25, 0.3) is 11.8 Å². The normalized spacial score (nSPS) is 15.7. The lowest BCUT2D eigenvalue weighted by atomic mass is 10.0. The van der Waals surface area contributed by atoms with Gasteiger partial charge in [0, 0.05) is 10.9 Å². The van der Waals surface area contributed by atoms with Gasteiger partial charge in [-0.1, -0.05) is 54.6 Å². The summed E-state index contributed by atoms with van der Waals surface area (Å²) in [7, 11) is 0. The number of fused-ring (bicyclic) bond motifs is 2. The van der Waals surface area contributed by atoms with Gasteiger partial charge in [0.05, 0.1) is 23.4 Å². The van der Waals surface area contributed by atoms with E-state index in [0.29, 0.717) is 33.5 Å². The first-order valence-electron chi connectivity index (χ1n) is 10.4. The first-order valence-corrected chi connectivity index (χ1v) is 10.4. The Balaban J connectivity index is 1.48. The van der Waals surface area contributed by atoms with Crippen molar-refractivity contribution in [2.24, 2.45) is 0 Å². The van der Waals surface area contributed by atoms with E-state index in [1.165, 1.54) is 12.2 Å². The monoisotopic (exact) mass is 451 g/mol. The number of carbonyl (C=O) groups excluding carboxylic acids is 4. The Morgan fingerprint density at radius 1 is 0.882 bits per heavy atom. The minimum atomic E-state index is -0.851. The van der Waals surface area contributed by atoms with Gasteiger partial charge in [0.1, 0.15) is 5.57 Å². The molecule has 34 heavy (non-hydrogen) atoms. The van der Waals surface area contributed by atoms with Crippen molar-refractivity contribution in [1.82, 2.24) is 15.6 Å². The van der Waals surface area contributed by atoms with E-state index in [-0.39, 0.29) is 18.0 Å². The van der Waals surface area contributed by atoms with E-state index in [1.807, 2.05) is 47.0 Å². The zero-order chi connectivity index (χ0) is 23.8. The molecule has 1 fully saturated rings. The van der Waals surface area contributed by atoms with E-state index in [2.05, 4.69) is 4.98 Å². The van der Waals surface area contributed by atoms with Crippen molar-refractivity contribution in [3.8, 4) is 0 Å². The minimum Gasteiger partial charge on any atom is -0.392 e. The number of aliphatic hydroxyl groups is 1. The van der Waals surface area contributed by atoms with Crippen LogP contribution in [0.25, 0.3) is 28.1 Å². The molecule has 0 atom stereocenters. The number of rotatable bonds is 4. The first kappa shape index (κ1) is 21.2. The third-order valence-electron chi connectivity index (χ3n) is 5.65. The highest BCUT2D eigenvalue weighted by Gasteiger charge is 2.30. The largest absolute Gasteiger partial charge is 0.392 e. The van der Waals surface area contributed by atoms with Crippen LogP contribution in [0.5, 0.6) is 0 Å². The molecule has 8 heteroatoms. The van der Waals surface area contributed by atoms with Crippen molar-refractivity contribution in [1.29, 1.82) is 0 Å². The zero-order valence-electron chi connectivity index (χ0n) is 17.7. The van der Waals surface area contributed by atoms with Crippen molar-refractivity contribution in [2.75, 3.05) is 6.61 Å². The van der Waals surface area contributed by atoms with Crippen LogP contribution < -0.4 is 10.6 Å². The van der Waals surface area contributed by atoms with Crippen LogP contribution in [0.3, 0.4) is 0 Å². The Labute approximate surface area is 193 Å². The number of carbonyl (C=O) groups is 4. The van der Waals surface area contributed by atoms with Crippen LogP contribution in [0.2, 0.25) is 0 Å². The summed E-state index contributed by atoms with van der Waals surface area (Å²) in [6.07, 6.45) is 4.53. The molecule has 2 aromatic carbocycles. The number of hydrogen-bond acceptors (Lipinski definition) is 6. The van der Waals surface area contributed by atoms with Gasteiger partial charge in [-0.2, -0.15) is 0 Å². The molecule has 5 rings (SSSR count). The molecule has 1 saturated heterocycles. The lowest BCUT2D eigenvalue weighted by molar-refractivity contribution is -0.124. The average Bonchev–Trinajstić information content (AvgIpc) is 3.12. The molecule has 4 amide bonds. The van der Waals surface area contributed by atoms with Crippen LogP contribution in [0.1, 0.15) is 27.2 Å². The number of barbiturate groups is 1. The molecule has 8 nitrogen and oxygen atoms in total. The standard InChI is InChI=1S/C26H17N3O5/c30-13-19-16-5-1-2-6-17(16)23(31)22(19)20-11-10-15-9-8-14(12-21(15)27-20)4-3-7-18-24(32)28-26(34)29-25(18)33/h1-12,30H,13H2,(H2,28,29,32,33,34)/b4-3+. The van der Waals surface area contributed by atoms with E-state index < -0.39 is 17.8 Å². The average molecular weight is 451 g/mol. The van der Waals surface area contributed by atoms with Crippen LogP contribution in [0, 0.1) is 0 Å². The summed E-state index contributed by atoms with van der Waals surface area (Å²) in [5.74, 6) is -1.70. The molecule has 0 unspecified atom stereocenters. The Bertz CT molecular complexity index is 1490. The second-order valence-corrected chi connectivity index (χ2v) is 7.71. The highest BCUT2D eigenvalue weighted by atomic mass is 16.3. The molecule has 1 aliphatic carbocycles. The SMILES string of the molecule is O=C1NC(=O)C(=C/C=C/c2ccc3ccc(C4=C(CO)c5ccccc5C4=O)nc3c2)C(=O)N1. The van der Waals surface area contributed by atoms with E-state index in [4.69, 9.17) is 0 Å². The number of urea groups is 1. The number of aromatic nitrogens is 1. The van der Waals surface area contributed by atoms with Crippen molar-refractivity contribution in [3.05, 3.63) is 94.7 Å². The van der Waals surface area contributed by atoms with Crippen molar-refractivity contribution < 1.29 is 24.3 Å². The fourth-order valence-corrected chi connectivity index (χ4v) is 4.04. The molecule has 0 spiro atoms. The predicted octanol–water partition coefficient (Wildman–Crippen LogP) is 2.64. The maximum atomic E-state index is 13.0. The molecule has 2 heterocycles. The van der Waals surface area contributed by atoms with Crippen molar-refractivity contribution in [2.45, 2.75) is 0 Å². The predicted molar refractivity (Wildman–Crippen MR) is 125 cm³/mol. The summed E-state index contributed by atoms with van der Waals surface area (Å²) in [6.45, 7) is -0.276. The maximum absolute atomic E-state index is 13.0. The number of nitrogens with one attached hydrogen (secondary N) is 2. The first-order chi connectivity index (χ1) is 16.5. The topological polar surface area (TPSA) is 125 Å². The van der Waals surface area contributed by atoms with Crippen LogP contribution in [-0.4, -0.2) is 40.3 Å². The number of allylic oxidation sites excluding steroid dienone is 3. The lowest BCUT2D eigenvalue weighted by Crippen LogP contribution is -2.51. The van der Waals surface area contributed by atoms with E-state index in [1.54, 1.807) is 24.3 Å². The molecule has 3 aromatic rings. The third-order valence-corrected chi connectivity index (χ3v) is 5.65. The van der Waals surface area contributed by atoms with E-state index >= 15 is 0 Å².